The van der Waals surface area contributed by atoms with Gasteiger partial charge in [-0.1, -0.05) is 64.1 Å². The third-order valence-corrected chi connectivity index (χ3v) is 4.82. The molecule has 5 nitrogen and oxygen atoms in total. The Morgan fingerprint density at radius 3 is 1.91 bits per heavy atom. The SMILES string of the molecule is CC.CC.COC(=O)c1[nH]c2cc(-c3ccc(F)cc3)ccc2c1-c1ccc(C(N)=O)cc1. The number of aromatic amines is 1. The molecule has 4 rings (SSSR count). The van der Waals surface area contributed by atoms with E-state index in [-0.39, 0.29) is 5.82 Å². The molecule has 0 fully saturated rings. The van der Waals surface area contributed by atoms with E-state index in [0.29, 0.717) is 16.8 Å². The second-order valence-electron chi connectivity index (χ2n) is 6.58. The van der Waals surface area contributed by atoms with Gasteiger partial charge in [0.2, 0.25) is 5.91 Å². The molecule has 1 aromatic heterocycles. The van der Waals surface area contributed by atoms with Gasteiger partial charge in [0.25, 0.3) is 0 Å². The van der Waals surface area contributed by atoms with Crippen molar-refractivity contribution in [2.75, 3.05) is 7.11 Å². The number of carbonyl (C=O) groups is 2. The van der Waals surface area contributed by atoms with Gasteiger partial charge >= 0.3 is 5.97 Å². The Kier molecular flexibility index (Phi) is 8.92. The lowest BCUT2D eigenvalue weighted by Crippen LogP contribution is -2.10. The van der Waals surface area contributed by atoms with Crippen molar-refractivity contribution < 1.29 is 18.7 Å². The lowest BCUT2D eigenvalue weighted by atomic mass is 9.98. The second kappa shape index (κ2) is 11.6. The Bertz CT molecular complexity index is 1230. The molecule has 0 atom stereocenters. The summed E-state index contributed by atoms with van der Waals surface area (Å²) in [6.45, 7) is 8.00. The average molecular weight is 449 g/mol. The molecule has 172 valence electrons. The van der Waals surface area contributed by atoms with Crippen LogP contribution in [0.4, 0.5) is 4.39 Å². The number of nitrogens with two attached hydrogens (primary N) is 1. The summed E-state index contributed by atoms with van der Waals surface area (Å²) in [4.78, 5) is 26.9. The second-order valence-corrected chi connectivity index (χ2v) is 6.58. The van der Waals surface area contributed by atoms with Gasteiger partial charge in [-0.05, 0) is 47.0 Å². The number of primary amides is 1. The highest BCUT2D eigenvalue weighted by Crippen LogP contribution is 2.35. The molecule has 3 aromatic carbocycles. The van der Waals surface area contributed by atoms with Crippen LogP contribution in [0.2, 0.25) is 0 Å². The average Bonchev–Trinajstić information content (AvgIpc) is 3.25. The van der Waals surface area contributed by atoms with E-state index in [1.54, 1.807) is 36.4 Å². The van der Waals surface area contributed by atoms with Crippen LogP contribution in [0.1, 0.15) is 48.5 Å². The van der Waals surface area contributed by atoms with Gasteiger partial charge in [0.05, 0.1) is 7.11 Å². The highest BCUT2D eigenvalue weighted by Gasteiger charge is 2.20. The lowest BCUT2D eigenvalue weighted by Gasteiger charge is -2.06. The Morgan fingerprint density at radius 2 is 1.36 bits per heavy atom. The van der Waals surface area contributed by atoms with Crippen molar-refractivity contribution in [3.05, 3.63) is 83.8 Å². The van der Waals surface area contributed by atoms with Crippen molar-refractivity contribution >= 4 is 22.8 Å². The molecule has 0 saturated carbocycles. The fourth-order valence-corrected chi connectivity index (χ4v) is 3.38. The smallest absolute Gasteiger partial charge is 0.355 e. The molecular weight excluding hydrogens is 419 g/mol. The van der Waals surface area contributed by atoms with Gasteiger partial charge in [-0.3, -0.25) is 4.79 Å². The number of carbonyl (C=O) groups excluding carboxylic acids is 2. The summed E-state index contributed by atoms with van der Waals surface area (Å²) in [5, 5.41) is 0.822. The molecule has 33 heavy (non-hydrogen) atoms. The molecule has 4 aromatic rings. The van der Waals surface area contributed by atoms with E-state index in [1.807, 2.05) is 45.9 Å². The molecule has 0 spiro atoms. The largest absolute Gasteiger partial charge is 0.464 e. The first-order valence-electron chi connectivity index (χ1n) is 10.9. The first kappa shape index (κ1) is 25.3. The third kappa shape index (κ3) is 5.47. The van der Waals surface area contributed by atoms with Crippen molar-refractivity contribution in [2.45, 2.75) is 27.7 Å². The summed E-state index contributed by atoms with van der Waals surface area (Å²) in [6.07, 6.45) is 0. The van der Waals surface area contributed by atoms with Crippen LogP contribution in [0.5, 0.6) is 0 Å². The normalized spacial score (nSPS) is 9.88. The number of hydrogen-bond donors (Lipinski definition) is 2. The highest BCUT2D eigenvalue weighted by atomic mass is 19.1. The van der Waals surface area contributed by atoms with E-state index in [1.165, 1.54) is 19.2 Å². The predicted molar refractivity (Wildman–Crippen MR) is 132 cm³/mol. The van der Waals surface area contributed by atoms with Crippen LogP contribution >= 0.6 is 0 Å². The highest BCUT2D eigenvalue weighted by molar-refractivity contribution is 6.09. The van der Waals surface area contributed by atoms with E-state index in [0.717, 1.165) is 27.6 Å². The van der Waals surface area contributed by atoms with E-state index >= 15 is 0 Å². The van der Waals surface area contributed by atoms with Gasteiger partial charge in [0.15, 0.2) is 0 Å². The molecule has 0 aliphatic rings. The van der Waals surface area contributed by atoms with Crippen LogP contribution in [0.3, 0.4) is 0 Å². The number of esters is 1. The number of amides is 1. The van der Waals surface area contributed by atoms with E-state index in [4.69, 9.17) is 10.5 Å². The monoisotopic (exact) mass is 448 g/mol. The van der Waals surface area contributed by atoms with Gasteiger partial charge in [0, 0.05) is 22.0 Å². The lowest BCUT2D eigenvalue weighted by molar-refractivity contribution is 0.0596. The van der Waals surface area contributed by atoms with E-state index in [2.05, 4.69) is 4.98 Å². The summed E-state index contributed by atoms with van der Waals surface area (Å²) >= 11 is 0. The van der Waals surface area contributed by atoms with Gasteiger partial charge in [-0.25, -0.2) is 9.18 Å². The summed E-state index contributed by atoms with van der Waals surface area (Å²) in [6, 6.07) is 18.6. The number of ether oxygens (including phenoxy) is 1. The summed E-state index contributed by atoms with van der Waals surface area (Å²) in [5.41, 5.74) is 9.90. The van der Waals surface area contributed by atoms with E-state index < -0.39 is 11.9 Å². The van der Waals surface area contributed by atoms with Crippen molar-refractivity contribution in [1.29, 1.82) is 0 Å². The number of nitrogens with one attached hydrogen (secondary N) is 1. The number of H-pyrrole nitrogens is 1. The molecule has 0 aliphatic carbocycles. The summed E-state index contributed by atoms with van der Waals surface area (Å²) in [5.74, 6) is -1.32. The zero-order chi connectivity index (χ0) is 24.5. The molecule has 3 N–H and O–H groups in total. The van der Waals surface area contributed by atoms with Crippen LogP contribution in [0, 0.1) is 5.82 Å². The first-order chi connectivity index (χ1) is 16.0. The quantitative estimate of drug-likeness (QED) is 0.346. The maximum atomic E-state index is 13.2. The van der Waals surface area contributed by atoms with Crippen LogP contribution in [0.15, 0.2) is 66.7 Å². The predicted octanol–water partition coefficient (Wildman–Crippen LogP) is 6.58. The van der Waals surface area contributed by atoms with E-state index in [9.17, 15) is 14.0 Å². The minimum atomic E-state index is -0.521. The van der Waals surface area contributed by atoms with Gasteiger partial charge in [-0.15, -0.1) is 0 Å². The van der Waals surface area contributed by atoms with Crippen LogP contribution < -0.4 is 5.73 Å². The van der Waals surface area contributed by atoms with Crippen molar-refractivity contribution in [3.63, 3.8) is 0 Å². The van der Waals surface area contributed by atoms with Crippen molar-refractivity contribution in [2.24, 2.45) is 5.73 Å². The summed E-state index contributed by atoms with van der Waals surface area (Å²) < 4.78 is 18.2. The molecule has 1 amide bonds. The fraction of sp³-hybridized carbons (Fsp3) is 0.185. The van der Waals surface area contributed by atoms with Gasteiger partial charge in [-0.2, -0.15) is 0 Å². The number of fused-ring (bicyclic) bond motifs is 1. The Labute approximate surface area is 193 Å². The molecule has 6 heteroatoms. The number of hydrogen-bond acceptors (Lipinski definition) is 3. The number of rotatable bonds is 4. The molecule has 1 heterocycles. The molecule has 0 saturated heterocycles. The topological polar surface area (TPSA) is 85.2 Å². The van der Waals surface area contributed by atoms with Gasteiger partial charge < -0.3 is 15.5 Å². The number of halogens is 1. The zero-order valence-electron chi connectivity index (χ0n) is 19.5. The standard InChI is InChI=1S/C23H17FN2O3.2C2H6/c1-29-23(28)21-20(14-2-4-15(5-3-14)22(25)27)18-11-8-16(12-19(18)26-21)13-6-9-17(24)10-7-13;2*1-2/h2-12,26H,1H3,(H2,25,27);2*1-2H3. The Balaban J connectivity index is 0.000000914. The third-order valence-electron chi connectivity index (χ3n) is 4.82. The first-order valence-corrected chi connectivity index (χ1v) is 10.9. The maximum absolute atomic E-state index is 13.2. The minimum absolute atomic E-state index is 0.302. The maximum Gasteiger partial charge on any atom is 0.355 e. The Hall–Kier alpha value is -3.93. The summed E-state index contributed by atoms with van der Waals surface area (Å²) in [7, 11) is 1.32. The molecule has 0 aliphatic heterocycles. The van der Waals surface area contributed by atoms with Crippen molar-refractivity contribution in [1.82, 2.24) is 4.98 Å². The number of aromatic nitrogens is 1. The van der Waals surface area contributed by atoms with Crippen molar-refractivity contribution in [3.8, 4) is 22.3 Å². The van der Waals surface area contributed by atoms with Gasteiger partial charge in [0.1, 0.15) is 11.5 Å². The Morgan fingerprint density at radius 1 is 0.818 bits per heavy atom. The fourth-order valence-electron chi connectivity index (χ4n) is 3.38. The van der Waals surface area contributed by atoms with Crippen LogP contribution in [0.25, 0.3) is 33.2 Å². The van der Waals surface area contributed by atoms with Crippen LogP contribution in [-0.2, 0) is 4.74 Å². The number of methoxy groups -OCH3 is 1. The van der Waals surface area contributed by atoms with Crippen LogP contribution in [-0.4, -0.2) is 24.0 Å². The zero-order valence-corrected chi connectivity index (χ0v) is 19.5. The molecule has 0 radical (unpaired) electrons. The molecular formula is C27H29FN2O3. The number of benzene rings is 3. The minimum Gasteiger partial charge on any atom is -0.464 e. The molecule has 0 unspecified atom stereocenters. The molecule has 0 bridgehead atoms.